The first-order chi connectivity index (χ1) is 8.22. The Balaban J connectivity index is 2.35. The highest BCUT2D eigenvalue weighted by atomic mass is 19.1. The third kappa shape index (κ3) is 2.41. The Morgan fingerprint density at radius 1 is 1.41 bits per heavy atom. The maximum Gasteiger partial charge on any atom is 0.184 e. The number of nitrogens with zero attached hydrogens (tertiary/aromatic N) is 4. The van der Waals surface area contributed by atoms with Crippen LogP contribution in [0.1, 0.15) is 19.8 Å². The SMILES string of the molecule is CCCCn1nnnc1-c1ccc(N)cc1F. The molecule has 17 heavy (non-hydrogen) atoms. The van der Waals surface area contributed by atoms with E-state index in [2.05, 4.69) is 22.4 Å². The van der Waals surface area contributed by atoms with Crippen LogP contribution in [0.5, 0.6) is 0 Å². The van der Waals surface area contributed by atoms with Crippen LogP contribution >= 0.6 is 0 Å². The van der Waals surface area contributed by atoms with Crippen LogP contribution in [-0.2, 0) is 6.54 Å². The standard InChI is InChI=1S/C11H14FN5/c1-2-3-6-17-11(14-15-16-17)9-5-4-8(13)7-10(9)12/h4-5,7H,2-3,6,13H2,1H3. The van der Waals surface area contributed by atoms with Gasteiger partial charge in [0, 0.05) is 12.2 Å². The molecule has 0 amide bonds. The van der Waals surface area contributed by atoms with Gasteiger partial charge in [-0.2, -0.15) is 0 Å². The predicted octanol–water partition coefficient (Wildman–Crippen LogP) is 1.86. The second-order valence-corrected chi connectivity index (χ2v) is 3.82. The number of aryl methyl sites for hydroxylation is 1. The van der Waals surface area contributed by atoms with Gasteiger partial charge in [0.05, 0.1) is 5.56 Å². The van der Waals surface area contributed by atoms with E-state index in [-0.39, 0.29) is 0 Å². The minimum Gasteiger partial charge on any atom is -0.399 e. The van der Waals surface area contributed by atoms with Crippen LogP contribution in [0.4, 0.5) is 10.1 Å². The Labute approximate surface area is 98.4 Å². The monoisotopic (exact) mass is 235 g/mol. The summed E-state index contributed by atoms with van der Waals surface area (Å²) in [6.07, 6.45) is 1.98. The van der Waals surface area contributed by atoms with Gasteiger partial charge >= 0.3 is 0 Å². The molecule has 1 aromatic heterocycles. The van der Waals surface area contributed by atoms with Crippen molar-refractivity contribution in [2.75, 3.05) is 5.73 Å². The third-order valence-corrected chi connectivity index (χ3v) is 2.49. The van der Waals surface area contributed by atoms with Crippen molar-refractivity contribution >= 4 is 5.69 Å². The fraction of sp³-hybridized carbons (Fsp3) is 0.364. The van der Waals surface area contributed by atoms with Crippen molar-refractivity contribution < 1.29 is 4.39 Å². The minimum atomic E-state index is -0.405. The number of aromatic nitrogens is 4. The number of halogens is 1. The van der Waals surface area contributed by atoms with Crippen molar-refractivity contribution in [3.8, 4) is 11.4 Å². The van der Waals surface area contributed by atoms with E-state index >= 15 is 0 Å². The van der Waals surface area contributed by atoms with E-state index < -0.39 is 5.82 Å². The molecule has 1 heterocycles. The zero-order chi connectivity index (χ0) is 12.3. The molecule has 0 fully saturated rings. The summed E-state index contributed by atoms with van der Waals surface area (Å²) in [4.78, 5) is 0. The van der Waals surface area contributed by atoms with E-state index in [0.29, 0.717) is 23.6 Å². The van der Waals surface area contributed by atoms with Crippen molar-refractivity contribution in [2.45, 2.75) is 26.3 Å². The van der Waals surface area contributed by atoms with Gasteiger partial charge in [-0.1, -0.05) is 13.3 Å². The Morgan fingerprint density at radius 2 is 2.24 bits per heavy atom. The first-order valence-electron chi connectivity index (χ1n) is 5.54. The number of nitrogen functional groups attached to an aromatic ring is 1. The lowest BCUT2D eigenvalue weighted by Crippen LogP contribution is -2.04. The van der Waals surface area contributed by atoms with Crippen molar-refractivity contribution in [1.82, 2.24) is 20.2 Å². The first kappa shape index (κ1) is 11.5. The van der Waals surface area contributed by atoms with E-state index in [4.69, 9.17) is 5.73 Å². The van der Waals surface area contributed by atoms with Crippen molar-refractivity contribution in [1.29, 1.82) is 0 Å². The fourth-order valence-electron chi connectivity index (χ4n) is 1.57. The zero-order valence-electron chi connectivity index (χ0n) is 9.60. The Morgan fingerprint density at radius 3 is 2.94 bits per heavy atom. The second kappa shape index (κ2) is 4.90. The zero-order valence-corrected chi connectivity index (χ0v) is 9.60. The molecule has 0 aliphatic carbocycles. The minimum absolute atomic E-state index is 0.375. The summed E-state index contributed by atoms with van der Waals surface area (Å²) >= 11 is 0. The van der Waals surface area contributed by atoms with Crippen LogP contribution in [0.15, 0.2) is 18.2 Å². The van der Waals surface area contributed by atoms with Gasteiger partial charge in [0.15, 0.2) is 5.82 Å². The molecule has 2 rings (SSSR count). The van der Waals surface area contributed by atoms with Gasteiger partial charge in [-0.15, -0.1) is 5.10 Å². The van der Waals surface area contributed by atoms with E-state index in [0.717, 1.165) is 12.8 Å². The van der Waals surface area contributed by atoms with E-state index in [9.17, 15) is 4.39 Å². The maximum atomic E-state index is 13.7. The summed E-state index contributed by atoms with van der Waals surface area (Å²) in [6, 6.07) is 4.50. The molecule has 0 unspecified atom stereocenters. The highest BCUT2D eigenvalue weighted by Gasteiger charge is 2.13. The number of hydrogen-bond donors (Lipinski definition) is 1. The maximum absolute atomic E-state index is 13.7. The molecule has 0 radical (unpaired) electrons. The van der Waals surface area contributed by atoms with Gasteiger partial charge < -0.3 is 5.73 Å². The summed E-state index contributed by atoms with van der Waals surface area (Å²) in [5.74, 6) is 0.0356. The summed E-state index contributed by atoms with van der Waals surface area (Å²) in [6.45, 7) is 2.76. The van der Waals surface area contributed by atoms with E-state index in [1.54, 1.807) is 16.8 Å². The number of tetrazole rings is 1. The van der Waals surface area contributed by atoms with Crippen LogP contribution in [0.3, 0.4) is 0 Å². The molecule has 0 saturated carbocycles. The predicted molar refractivity (Wildman–Crippen MR) is 62.5 cm³/mol. The number of nitrogens with two attached hydrogens (primary N) is 1. The van der Waals surface area contributed by atoms with Crippen molar-refractivity contribution in [2.24, 2.45) is 0 Å². The van der Waals surface area contributed by atoms with Gasteiger partial charge in [-0.3, -0.25) is 0 Å². The first-order valence-corrected chi connectivity index (χ1v) is 5.54. The molecule has 0 saturated heterocycles. The summed E-state index contributed by atoms with van der Waals surface area (Å²) < 4.78 is 15.3. The Hall–Kier alpha value is -1.98. The average Bonchev–Trinajstić information content (AvgIpc) is 2.74. The molecular weight excluding hydrogens is 221 g/mol. The molecule has 90 valence electrons. The third-order valence-electron chi connectivity index (χ3n) is 2.49. The van der Waals surface area contributed by atoms with Crippen molar-refractivity contribution in [3.05, 3.63) is 24.0 Å². The topological polar surface area (TPSA) is 69.6 Å². The lowest BCUT2D eigenvalue weighted by Gasteiger charge is -2.05. The van der Waals surface area contributed by atoms with Gasteiger partial charge in [0.2, 0.25) is 0 Å². The van der Waals surface area contributed by atoms with Gasteiger partial charge in [-0.25, -0.2) is 9.07 Å². The second-order valence-electron chi connectivity index (χ2n) is 3.82. The largest absolute Gasteiger partial charge is 0.399 e. The molecule has 0 bridgehead atoms. The summed E-state index contributed by atoms with van der Waals surface area (Å²) in [5, 5.41) is 11.3. The molecule has 1 aromatic carbocycles. The Bertz CT molecular complexity index is 508. The van der Waals surface area contributed by atoms with Gasteiger partial charge in [0.25, 0.3) is 0 Å². The molecule has 2 N–H and O–H groups in total. The summed E-state index contributed by atoms with van der Waals surface area (Å²) in [7, 11) is 0. The molecule has 5 nitrogen and oxygen atoms in total. The number of benzene rings is 1. The molecule has 0 spiro atoms. The van der Waals surface area contributed by atoms with Crippen LogP contribution in [-0.4, -0.2) is 20.2 Å². The van der Waals surface area contributed by atoms with Crippen LogP contribution in [0.25, 0.3) is 11.4 Å². The van der Waals surface area contributed by atoms with Crippen LogP contribution < -0.4 is 5.73 Å². The van der Waals surface area contributed by atoms with Crippen LogP contribution in [0, 0.1) is 5.82 Å². The van der Waals surface area contributed by atoms with Crippen molar-refractivity contribution in [3.63, 3.8) is 0 Å². The molecule has 0 aliphatic rings. The normalized spacial score (nSPS) is 10.7. The van der Waals surface area contributed by atoms with Gasteiger partial charge in [-0.05, 0) is 35.0 Å². The lowest BCUT2D eigenvalue weighted by molar-refractivity contribution is 0.554. The molecule has 0 aliphatic heterocycles. The van der Waals surface area contributed by atoms with Crippen LogP contribution in [0.2, 0.25) is 0 Å². The summed E-state index contributed by atoms with van der Waals surface area (Å²) in [5.41, 5.74) is 6.26. The van der Waals surface area contributed by atoms with E-state index in [1.165, 1.54) is 6.07 Å². The number of unbranched alkanes of at least 4 members (excludes halogenated alkanes) is 1. The lowest BCUT2D eigenvalue weighted by atomic mass is 10.2. The molecular formula is C11H14FN5. The quantitative estimate of drug-likeness (QED) is 0.821. The van der Waals surface area contributed by atoms with E-state index in [1.807, 2.05) is 0 Å². The average molecular weight is 235 g/mol. The molecule has 2 aromatic rings. The highest BCUT2D eigenvalue weighted by molar-refractivity contribution is 5.59. The Kier molecular flexibility index (Phi) is 3.32. The number of hydrogen-bond acceptors (Lipinski definition) is 4. The fourth-order valence-corrected chi connectivity index (χ4v) is 1.57. The smallest absolute Gasteiger partial charge is 0.184 e. The highest BCUT2D eigenvalue weighted by Crippen LogP contribution is 2.22. The molecule has 6 heteroatoms. The number of anilines is 1. The molecule has 0 atom stereocenters. The number of rotatable bonds is 4. The van der Waals surface area contributed by atoms with Gasteiger partial charge in [0.1, 0.15) is 5.82 Å².